The summed E-state index contributed by atoms with van der Waals surface area (Å²) in [5.41, 5.74) is 3.15. The van der Waals surface area contributed by atoms with Gasteiger partial charge in [0.1, 0.15) is 0 Å². The van der Waals surface area contributed by atoms with Gasteiger partial charge in [0.15, 0.2) is 5.43 Å². The van der Waals surface area contributed by atoms with Crippen LogP contribution >= 0.6 is 0 Å². The molecule has 3 aliphatic heterocycles. The van der Waals surface area contributed by atoms with E-state index in [9.17, 15) is 4.79 Å². The molecule has 3 aromatic rings. The zero-order valence-electron chi connectivity index (χ0n) is 12.5. The largest absolute Gasteiger partial charge is 0.365 e. The lowest BCUT2D eigenvalue weighted by Gasteiger charge is -2.45. The van der Waals surface area contributed by atoms with Gasteiger partial charge >= 0.3 is 0 Å². The van der Waals surface area contributed by atoms with Crippen molar-refractivity contribution < 1.29 is 0 Å². The quantitative estimate of drug-likeness (QED) is 0.679. The van der Waals surface area contributed by atoms with Gasteiger partial charge in [0.25, 0.3) is 0 Å². The molecule has 5 heteroatoms. The van der Waals surface area contributed by atoms with Crippen LogP contribution in [0.3, 0.4) is 0 Å². The lowest BCUT2D eigenvalue weighted by atomic mass is 9.76. The highest BCUT2D eigenvalue weighted by Crippen LogP contribution is 2.34. The van der Waals surface area contributed by atoms with Gasteiger partial charge in [0, 0.05) is 35.3 Å². The summed E-state index contributed by atoms with van der Waals surface area (Å²) in [6, 6.07) is 2.06. The molecule has 3 N–H and O–H groups in total. The van der Waals surface area contributed by atoms with Crippen molar-refractivity contribution in [1.29, 1.82) is 0 Å². The minimum absolute atomic E-state index is 0.193. The van der Waals surface area contributed by atoms with Gasteiger partial charge in [-0.15, -0.1) is 0 Å². The molecular formula is C17H20N4O. The van der Waals surface area contributed by atoms with E-state index in [2.05, 4.69) is 26.1 Å². The standard InChI is InChI=1S/C17H20N4O/c22-17-11(5-12-9-21-3-1-10(12)2-4-21)6-14-16-13(17)7-18-8-15(16)20-19-14/h6-8,10,12,18-20H,1-5,9H2. The number of aromatic amines is 3. The Morgan fingerprint density at radius 2 is 1.95 bits per heavy atom. The van der Waals surface area contributed by atoms with E-state index in [0.29, 0.717) is 5.92 Å². The van der Waals surface area contributed by atoms with Gasteiger partial charge in [-0.2, -0.15) is 0 Å². The minimum atomic E-state index is 0.193. The third-order valence-electron chi connectivity index (χ3n) is 5.72. The third kappa shape index (κ3) is 1.72. The second-order valence-electron chi connectivity index (χ2n) is 6.92. The molecule has 2 bridgehead atoms. The number of H-pyrrole nitrogens is 3. The van der Waals surface area contributed by atoms with E-state index >= 15 is 0 Å². The van der Waals surface area contributed by atoms with Gasteiger partial charge in [0.2, 0.25) is 0 Å². The van der Waals surface area contributed by atoms with Gasteiger partial charge in [-0.05, 0) is 50.3 Å². The Labute approximate surface area is 127 Å². The van der Waals surface area contributed by atoms with E-state index in [4.69, 9.17) is 0 Å². The van der Waals surface area contributed by atoms with Gasteiger partial charge in [-0.3, -0.25) is 9.89 Å². The number of nitrogens with zero attached hydrogens (tertiary/aromatic N) is 1. The van der Waals surface area contributed by atoms with Crippen LogP contribution in [0.2, 0.25) is 0 Å². The number of pyridine rings is 1. The molecule has 1 aromatic carbocycles. The van der Waals surface area contributed by atoms with Crippen LogP contribution < -0.4 is 5.43 Å². The van der Waals surface area contributed by atoms with Crippen LogP contribution in [0.25, 0.3) is 21.8 Å². The van der Waals surface area contributed by atoms with Crippen molar-refractivity contribution >= 4 is 21.8 Å². The van der Waals surface area contributed by atoms with E-state index in [1.54, 1.807) is 0 Å². The fraction of sp³-hybridized carbons (Fsp3) is 0.471. The number of hydrogen-bond acceptors (Lipinski definition) is 2. The van der Waals surface area contributed by atoms with Crippen molar-refractivity contribution in [3.05, 3.63) is 34.2 Å². The molecule has 0 saturated carbocycles. The van der Waals surface area contributed by atoms with Crippen LogP contribution in [-0.2, 0) is 6.42 Å². The summed E-state index contributed by atoms with van der Waals surface area (Å²) in [6.45, 7) is 3.66. The molecule has 0 aliphatic carbocycles. The van der Waals surface area contributed by atoms with Crippen LogP contribution in [0.4, 0.5) is 0 Å². The smallest absolute Gasteiger partial charge is 0.191 e. The van der Waals surface area contributed by atoms with Crippen molar-refractivity contribution in [2.24, 2.45) is 11.8 Å². The minimum Gasteiger partial charge on any atom is -0.365 e. The molecule has 3 aliphatic rings. The Balaban J connectivity index is 1.60. The Hall–Kier alpha value is -2.01. The molecule has 6 rings (SSSR count). The lowest BCUT2D eigenvalue weighted by Crippen LogP contribution is -2.48. The number of benzene rings is 1. The first-order valence-electron chi connectivity index (χ1n) is 8.20. The monoisotopic (exact) mass is 296 g/mol. The summed E-state index contributed by atoms with van der Waals surface area (Å²) in [4.78, 5) is 18.5. The first-order chi connectivity index (χ1) is 10.8. The normalized spacial score (nSPS) is 27.9. The molecule has 3 saturated heterocycles. The Bertz CT molecular complexity index is 894. The fourth-order valence-corrected chi connectivity index (χ4v) is 4.54. The second-order valence-corrected chi connectivity index (χ2v) is 6.92. The van der Waals surface area contributed by atoms with Crippen LogP contribution in [-0.4, -0.2) is 39.7 Å². The number of rotatable bonds is 2. The number of nitrogens with one attached hydrogen (secondary N) is 3. The SMILES string of the molecule is O=c1c(CC2CN3CCC2CC3)cc2[nH][nH]c3c[nH]cc1c32. The maximum Gasteiger partial charge on any atom is 0.191 e. The van der Waals surface area contributed by atoms with E-state index in [-0.39, 0.29) is 5.43 Å². The Kier molecular flexibility index (Phi) is 2.56. The Morgan fingerprint density at radius 3 is 2.73 bits per heavy atom. The molecule has 1 unspecified atom stereocenters. The molecule has 0 amide bonds. The zero-order chi connectivity index (χ0) is 14.7. The van der Waals surface area contributed by atoms with Gasteiger partial charge < -0.3 is 15.0 Å². The number of aromatic nitrogens is 3. The summed E-state index contributed by atoms with van der Waals surface area (Å²) < 4.78 is 0. The average Bonchev–Trinajstić information content (AvgIpc) is 2.97. The van der Waals surface area contributed by atoms with Crippen LogP contribution in [0.1, 0.15) is 18.4 Å². The van der Waals surface area contributed by atoms with Crippen LogP contribution in [0, 0.1) is 11.8 Å². The van der Waals surface area contributed by atoms with Crippen LogP contribution in [0.15, 0.2) is 23.3 Å². The lowest BCUT2D eigenvalue weighted by molar-refractivity contribution is 0.0512. The summed E-state index contributed by atoms with van der Waals surface area (Å²) in [6.07, 6.45) is 7.24. The molecule has 3 fully saturated rings. The summed E-state index contributed by atoms with van der Waals surface area (Å²) in [5, 5.41) is 8.13. The number of hydrogen-bond donors (Lipinski definition) is 3. The fourth-order valence-electron chi connectivity index (χ4n) is 4.54. The van der Waals surface area contributed by atoms with Crippen molar-refractivity contribution in [3.8, 4) is 0 Å². The van der Waals surface area contributed by atoms with E-state index in [0.717, 1.165) is 46.3 Å². The van der Waals surface area contributed by atoms with Gasteiger partial charge in [0.05, 0.1) is 11.0 Å². The second kappa shape index (κ2) is 4.49. The maximum absolute atomic E-state index is 12.9. The molecule has 5 nitrogen and oxygen atoms in total. The van der Waals surface area contributed by atoms with Crippen molar-refractivity contribution in [2.45, 2.75) is 19.3 Å². The maximum atomic E-state index is 12.9. The predicted octanol–water partition coefficient (Wildman–Crippen LogP) is 2.22. The predicted molar refractivity (Wildman–Crippen MR) is 87.1 cm³/mol. The van der Waals surface area contributed by atoms with E-state index < -0.39 is 0 Å². The summed E-state index contributed by atoms with van der Waals surface area (Å²) in [7, 11) is 0. The molecule has 2 aromatic heterocycles. The van der Waals surface area contributed by atoms with E-state index in [1.807, 2.05) is 12.4 Å². The highest BCUT2D eigenvalue weighted by molar-refractivity contribution is 6.06. The van der Waals surface area contributed by atoms with Crippen LogP contribution in [0.5, 0.6) is 0 Å². The highest BCUT2D eigenvalue weighted by Gasteiger charge is 2.34. The zero-order valence-corrected chi connectivity index (χ0v) is 12.5. The summed E-state index contributed by atoms with van der Waals surface area (Å²) in [5.74, 6) is 1.44. The van der Waals surface area contributed by atoms with Gasteiger partial charge in [-0.25, -0.2) is 0 Å². The molecule has 0 radical (unpaired) electrons. The molecular weight excluding hydrogens is 276 g/mol. The molecule has 22 heavy (non-hydrogen) atoms. The number of piperidine rings is 3. The number of fused-ring (bicyclic) bond motifs is 3. The first-order valence-corrected chi connectivity index (χ1v) is 8.20. The topological polar surface area (TPSA) is 67.7 Å². The van der Waals surface area contributed by atoms with Gasteiger partial charge in [-0.1, -0.05) is 0 Å². The highest BCUT2D eigenvalue weighted by atomic mass is 16.1. The average molecular weight is 296 g/mol. The summed E-state index contributed by atoms with van der Waals surface area (Å²) >= 11 is 0. The van der Waals surface area contributed by atoms with Crippen molar-refractivity contribution in [3.63, 3.8) is 0 Å². The molecule has 5 heterocycles. The van der Waals surface area contributed by atoms with Crippen molar-refractivity contribution in [1.82, 2.24) is 20.1 Å². The molecule has 1 atom stereocenters. The van der Waals surface area contributed by atoms with E-state index in [1.165, 1.54) is 25.9 Å². The Morgan fingerprint density at radius 1 is 1.14 bits per heavy atom. The first kappa shape index (κ1) is 12.5. The third-order valence-corrected chi connectivity index (χ3v) is 5.72. The van der Waals surface area contributed by atoms with Crippen molar-refractivity contribution in [2.75, 3.05) is 19.6 Å². The molecule has 0 spiro atoms. The molecule has 114 valence electrons.